The molecule has 1 aliphatic rings. The van der Waals surface area contributed by atoms with Crippen molar-refractivity contribution in [3.05, 3.63) is 99.6 Å². The van der Waals surface area contributed by atoms with Gasteiger partial charge in [-0.05, 0) is 29.3 Å². The molecule has 8 nitrogen and oxygen atoms in total. The monoisotopic (exact) mass is 423 g/mol. The molecule has 0 aliphatic carbocycles. The van der Waals surface area contributed by atoms with Crippen molar-refractivity contribution in [1.29, 1.82) is 0 Å². The number of ether oxygens (including phenoxy) is 1. The molecule has 0 aromatic heterocycles. The number of amidine groups is 1. The van der Waals surface area contributed by atoms with Gasteiger partial charge in [-0.15, -0.1) is 0 Å². The molecule has 0 amide bonds. The normalized spacial score (nSPS) is 16.5. The van der Waals surface area contributed by atoms with E-state index in [0.29, 0.717) is 11.3 Å². The van der Waals surface area contributed by atoms with Gasteiger partial charge in [0.1, 0.15) is 22.5 Å². The van der Waals surface area contributed by atoms with Crippen LogP contribution in [-0.2, 0) is 10.0 Å². The maximum absolute atomic E-state index is 12.5. The molecular formula is C21H17N3O5S. The fraction of sp³-hybridized carbons (Fsp3) is 0.0952. The van der Waals surface area contributed by atoms with E-state index in [1.165, 1.54) is 12.1 Å². The minimum absolute atomic E-state index is 0.143. The van der Waals surface area contributed by atoms with Crippen molar-refractivity contribution in [3.8, 4) is 5.75 Å². The number of rotatable bonds is 5. The smallest absolute Gasteiger partial charge is 0.270 e. The van der Waals surface area contributed by atoms with Crippen molar-refractivity contribution in [3.63, 3.8) is 0 Å². The van der Waals surface area contributed by atoms with Gasteiger partial charge in [0.05, 0.1) is 12.0 Å². The van der Waals surface area contributed by atoms with Gasteiger partial charge in [-0.25, -0.2) is 8.42 Å². The van der Waals surface area contributed by atoms with E-state index in [1.807, 2.05) is 54.6 Å². The van der Waals surface area contributed by atoms with Crippen LogP contribution in [0.4, 0.5) is 5.69 Å². The Labute approximate surface area is 173 Å². The van der Waals surface area contributed by atoms with Crippen molar-refractivity contribution >= 4 is 21.5 Å². The Balaban J connectivity index is 1.84. The second-order valence-corrected chi connectivity index (χ2v) is 8.26. The molecule has 30 heavy (non-hydrogen) atoms. The van der Waals surface area contributed by atoms with E-state index >= 15 is 0 Å². The summed E-state index contributed by atoms with van der Waals surface area (Å²) in [5.41, 5.74) is 1.71. The molecule has 0 bridgehead atoms. The van der Waals surface area contributed by atoms with Gasteiger partial charge < -0.3 is 4.74 Å². The average molecular weight is 423 g/mol. The standard InChI is InChI=1S/C21H17N3O5S/c1-29-17-10-7-15(8-11-17)20(14-5-3-2-4-6-14)22-21-18-12-9-16(24(25)26)13-19(18)30(27,28)23-21/h2-13,20H,1H3,(H,22,23). The zero-order valence-corrected chi connectivity index (χ0v) is 16.7. The molecular weight excluding hydrogens is 406 g/mol. The van der Waals surface area contributed by atoms with Crippen LogP contribution in [0.1, 0.15) is 22.7 Å². The maximum Gasteiger partial charge on any atom is 0.270 e. The molecule has 0 fully saturated rings. The van der Waals surface area contributed by atoms with Crippen LogP contribution in [0.5, 0.6) is 5.75 Å². The first-order valence-electron chi connectivity index (χ1n) is 8.97. The highest BCUT2D eigenvalue weighted by Gasteiger charge is 2.33. The zero-order chi connectivity index (χ0) is 21.3. The Morgan fingerprint density at radius 1 is 1.00 bits per heavy atom. The van der Waals surface area contributed by atoms with Crippen molar-refractivity contribution < 1.29 is 18.1 Å². The van der Waals surface area contributed by atoms with Gasteiger partial charge in [-0.3, -0.25) is 19.8 Å². The van der Waals surface area contributed by atoms with Gasteiger partial charge in [0, 0.05) is 17.7 Å². The summed E-state index contributed by atoms with van der Waals surface area (Å²) in [5, 5.41) is 11.0. The lowest BCUT2D eigenvalue weighted by Gasteiger charge is -2.15. The van der Waals surface area contributed by atoms with E-state index < -0.39 is 21.0 Å². The molecule has 1 aliphatic heterocycles. The van der Waals surface area contributed by atoms with Crippen molar-refractivity contribution in [2.45, 2.75) is 10.9 Å². The van der Waals surface area contributed by atoms with E-state index in [4.69, 9.17) is 9.73 Å². The molecule has 1 unspecified atom stereocenters. The molecule has 1 atom stereocenters. The number of benzene rings is 3. The lowest BCUT2D eigenvalue weighted by atomic mass is 9.99. The number of nitro benzene ring substituents is 1. The van der Waals surface area contributed by atoms with Crippen LogP contribution in [0.25, 0.3) is 0 Å². The summed E-state index contributed by atoms with van der Waals surface area (Å²) in [6, 6.07) is 20.0. The Kier molecular flexibility index (Phi) is 4.96. The van der Waals surface area contributed by atoms with Gasteiger partial charge in [0.15, 0.2) is 0 Å². The summed E-state index contributed by atoms with van der Waals surface area (Å²) in [4.78, 5) is 15.0. The van der Waals surface area contributed by atoms with Crippen molar-refractivity contribution in [2.24, 2.45) is 4.99 Å². The Hall–Kier alpha value is -3.72. The third kappa shape index (κ3) is 3.62. The van der Waals surface area contributed by atoms with Crippen LogP contribution in [0.3, 0.4) is 0 Å². The average Bonchev–Trinajstić information content (AvgIpc) is 3.02. The molecule has 9 heteroatoms. The SMILES string of the molecule is COc1ccc(C(N=C2NS(=O)(=O)c3cc([N+](=O)[O-])ccc32)c2ccccc2)cc1. The fourth-order valence-electron chi connectivity index (χ4n) is 3.27. The number of non-ortho nitro benzene ring substituents is 1. The first-order valence-corrected chi connectivity index (χ1v) is 10.5. The van der Waals surface area contributed by atoms with Crippen LogP contribution in [0.15, 0.2) is 82.7 Å². The van der Waals surface area contributed by atoms with E-state index in [-0.39, 0.29) is 16.4 Å². The number of hydrogen-bond acceptors (Lipinski definition) is 6. The maximum atomic E-state index is 12.5. The second kappa shape index (κ2) is 7.60. The number of fused-ring (bicyclic) bond motifs is 1. The minimum Gasteiger partial charge on any atom is -0.497 e. The number of methoxy groups -OCH3 is 1. The lowest BCUT2D eigenvalue weighted by Crippen LogP contribution is -2.23. The summed E-state index contributed by atoms with van der Waals surface area (Å²) in [7, 11) is -2.36. The molecule has 0 radical (unpaired) electrons. The molecule has 1 N–H and O–H groups in total. The molecule has 0 spiro atoms. The van der Waals surface area contributed by atoms with E-state index in [2.05, 4.69) is 4.72 Å². The number of aliphatic imine (C=N–C) groups is 1. The van der Waals surface area contributed by atoms with E-state index in [9.17, 15) is 18.5 Å². The quantitative estimate of drug-likeness (QED) is 0.499. The fourth-order valence-corrected chi connectivity index (χ4v) is 4.53. The number of nitro groups is 1. The van der Waals surface area contributed by atoms with Gasteiger partial charge in [0.2, 0.25) is 0 Å². The largest absolute Gasteiger partial charge is 0.497 e. The molecule has 0 saturated heterocycles. The van der Waals surface area contributed by atoms with Crippen LogP contribution >= 0.6 is 0 Å². The van der Waals surface area contributed by atoms with Crippen LogP contribution in [-0.4, -0.2) is 26.3 Å². The molecule has 0 saturated carbocycles. The summed E-state index contributed by atoms with van der Waals surface area (Å²) in [6.07, 6.45) is 0. The van der Waals surface area contributed by atoms with E-state index in [1.54, 1.807) is 7.11 Å². The third-order valence-electron chi connectivity index (χ3n) is 4.76. The predicted octanol–water partition coefficient (Wildman–Crippen LogP) is 3.43. The van der Waals surface area contributed by atoms with Gasteiger partial charge in [-0.1, -0.05) is 42.5 Å². The number of nitrogens with one attached hydrogen (secondary N) is 1. The zero-order valence-electron chi connectivity index (χ0n) is 15.8. The van der Waals surface area contributed by atoms with Crippen LogP contribution in [0, 0.1) is 10.1 Å². The highest BCUT2D eigenvalue weighted by atomic mass is 32.2. The van der Waals surface area contributed by atoms with Crippen LogP contribution in [0.2, 0.25) is 0 Å². The summed E-state index contributed by atoms with van der Waals surface area (Å²) in [6.45, 7) is 0. The number of hydrogen-bond donors (Lipinski definition) is 1. The minimum atomic E-state index is -3.94. The summed E-state index contributed by atoms with van der Waals surface area (Å²) in [5.74, 6) is 0.835. The van der Waals surface area contributed by atoms with Crippen molar-refractivity contribution in [1.82, 2.24) is 4.72 Å². The Bertz CT molecular complexity index is 1240. The molecule has 3 aromatic rings. The highest BCUT2D eigenvalue weighted by molar-refractivity contribution is 7.90. The molecule has 4 rings (SSSR count). The number of sulfonamides is 1. The molecule has 3 aromatic carbocycles. The Morgan fingerprint density at radius 3 is 2.30 bits per heavy atom. The number of nitrogens with zero attached hydrogens (tertiary/aromatic N) is 2. The first kappa shape index (κ1) is 19.6. The molecule has 152 valence electrons. The topological polar surface area (TPSA) is 111 Å². The molecule has 1 heterocycles. The second-order valence-electron chi connectivity index (χ2n) is 6.61. The first-order chi connectivity index (χ1) is 14.4. The van der Waals surface area contributed by atoms with Crippen molar-refractivity contribution in [2.75, 3.05) is 7.11 Å². The van der Waals surface area contributed by atoms with Gasteiger partial charge >= 0.3 is 0 Å². The Morgan fingerprint density at radius 2 is 1.67 bits per heavy atom. The predicted molar refractivity (Wildman–Crippen MR) is 111 cm³/mol. The summed E-state index contributed by atoms with van der Waals surface area (Å²) < 4.78 is 32.7. The van der Waals surface area contributed by atoms with E-state index in [0.717, 1.165) is 17.2 Å². The third-order valence-corrected chi connectivity index (χ3v) is 6.14. The van der Waals surface area contributed by atoms with Crippen LogP contribution < -0.4 is 9.46 Å². The highest BCUT2D eigenvalue weighted by Crippen LogP contribution is 2.32. The lowest BCUT2D eigenvalue weighted by molar-refractivity contribution is -0.385. The van der Waals surface area contributed by atoms with Gasteiger partial charge in [-0.2, -0.15) is 0 Å². The summed E-state index contributed by atoms with van der Waals surface area (Å²) >= 11 is 0. The van der Waals surface area contributed by atoms with Gasteiger partial charge in [0.25, 0.3) is 15.7 Å².